The van der Waals surface area contributed by atoms with Gasteiger partial charge >= 0.3 is 10.1 Å². The second-order valence-corrected chi connectivity index (χ2v) is 6.12. The summed E-state index contributed by atoms with van der Waals surface area (Å²) in [6.45, 7) is 0. The van der Waals surface area contributed by atoms with Crippen LogP contribution in [0.25, 0.3) is 0 Å². The second-order valence-electron chi connectivity index (χ2n) is 3.07. The van der Waals surface area contributed by atoms with Gasteiger partial charge < -0.3 is 10.2 Å². The lowest BCUT2D eigenvalue weighted by Gasteiger charge is -2.25. The molecule has 92 valence electrons. The van der Waals surface area contributed by atoms with Gasteiger partial charge in [-0.2, -0.15) is 16.8 Å². The molecule has 0 amide bonds. The summed E-state index contributed by atoms with van der Waals surface area (Å²) in [7, 11) is -9.64. The van der Waals surface area contributed by atoms with Crippen molar-refractivity contribution in [3.05, 3.63) is 22.8 Å². The van der Waals surface area contributed by atoms with E-state index in [9.17, 15) is 21.9 Å². The Morgan fingerprint density at radius 1 is 1.19 bits per heavy atom. The predicted molar refractivity (Wildman–Crippen MR) is 51.5 cm³/mol. The molecule has 10 heteroatoms. The maximum atomic E-state index is 10.7. The van der Waals surface area contributed by atoms with E-state index in [4.69, 9.17) is 14.2 Å². The molecule has 0 heterocycles. The molecular formula is C6H8O8S2. The van der Waals surface area contributed by atoms with Crippen molar-refractivity contribution >= 4 is 20.2 Å². The van der Waals surface area contributed by atoms with Crippen LogP contribution in [0.5, 0.6) is 0 Å². The molecule has 0 spiro atoms. The number of hydrogen-bond acceptors (Lipinski definition) is 6. The molecule has 0 saturated carbocycles. The Labute approximate surface area is 91.0 Å². The molecule has 0 aromatic carbocycles. The summed E-state index contributed by atoms with van der Waals surface area (Å²) >= 11 is 0. The van der Waals surface area contributed by atoms with Gasteiger partial charge in [-0.05, 0) is 0 Å². The smallest absolute Gasteiger partial charge is 0.303 e. The number of rotatable bonds is 2. The van der Waals surface area contributed by atoms with E-state index in [-0.39, 0.29) is 0 Å². The van der Waals surface area contributed by atoms with E-state index >= 15 is 0 Å². The first-order valence-corrected chi connectivity index (χ1v) is 6.65. The highest BCUT2D eigenvalue weighted by atomic mass is 32.2. The lowest BCUT2D eigenvalue weighted by molar-refractivity contribution is 0.101. The van der Waals surface area contributed by atoms with Gasteiger partial charge in [-0.15, -0.1) is 0 Å². The highest BCUT2D eigenvalue weighted by Gasteiger charge is 2.47. The highest BCUT2D eigenvalue weighted by molar-refractivity contribution is 7.90. The van der Waals surface area contributed by atoms with Crippen LogP contribution in [0.2, 0.25) is 0 Å². The Bertz CT molecular complexity index is 566. The zero-order valence-corrected chi connectivity index (χ0v) is 9.23. The van der Waals surface area contributed by atoms with Gasteiger partial charge in [0.25, 0.3) is 15.1 Å². The Hall–Kier alpha value is -0.940. The quantitative estimate of drug-likeness (QED) is 0.476. The largest absolute Gasteiger partial charge is 0.508 e. The van der Waals surface area contributed by atoms with Gasteiger partial charge in [-0.25, -0.2) is 0 Å². The van der Waals surface area contributed by atoms with Gasteiger partial charge in [0, 0.05) is 12.5 Å². The number of aliphatic hydroxyl groups is 2. The zero-order valence-electron chi connectivity index (χ0n) is 7.60. The summed E-state index contributed by atoms with van der Waals surface area (Å²) < 4.78 is 60.0. The van der Waals surface area contributed by atoms with Gasteiger partial charge in [0.05, 0.1) is 4.91 Å². The van der Waals surface area contributed by atoms with Crippen molar-refractivity contribution in [2.75, 3.05) is 0 Å². The monoisotopic (exact) mass is 272 g/mol. The fourth-order valence-corrected chi connectivity index (χ4v) is 2.24. The first-order valence-electron chi connectivity index (χ1n) is 3.77. The molecule has 0 bridgehead atoms. The molecule has 0 fully saturated rings. The van der Waals surface area contributed by atoms with Crippen LogP contribution in [0, 0.1) is 0 Å². The SMILES string of the molecule is O=S(=O)(O)C1=CCC(O)(S(=O)(=O)O)C(O)=C1. The standard InChI is InChI=1S/C6H8O8S2/c7-5-3-4(15(9,10)11)1-2-6(5,8)16(12,13)14/h1,3,7-8H,2H2,(H,9,10,11)(H,12,13,14). The third kappa shape index (κ3) is 2.10. The van der Waals surface area contributed by atoms with Crippen molar-refractivity contribution in [3.63, 3.8) is 0 Å². The van der Waals surface area contributed by atoms with E-state index in [1.807, 2.05) is 0 Å². The average Bonchev–Trinajstić information content (AvgIpc) is 2.05. The summed E-state index contributed by atoms with van der Waals surface area (Å²) in [6, 6.07) is 0. The Kier molecular flexibility index (Phi) is 2.90. The Balaban J connectivity index is 3.29. The zero-order chi connectivity index (χ0) is 12.8. The van der Waals surface area contributed by atoms with Crippen LogP contribution in [-0.2, 0) is 20.2 Å². The van der Waals surface area contributed by atoms with Crippen molar-refractivity contribution in [3.8, 4) is 0 Å². The van der Waals surface area contributed by atoms with E-state index in [2.05, 4.69) is 0 Å². The predicted octanol–water partition coefficient (Wildman–Crippen LogP) is -0.820. The second kappa shape index (κ2) is 3.53. The molecular weight excluding hydrogens is 264 g/mol. The van der Waals surface area contributed by atoms with Crippen LogP contribution in [0.1, 0.15) is 6.42 Å². The molecule has 1 atom stereocenters. The van der Waals surface area contributed by atoms with Crippen molar-refractivity contribution in [2.45, 2.75) is 11.4 Å². The summed E-state index contributed by atoms with van der Waals surface area (Å²) in [5, 5.41) is 18.5. The first-order chi connectivity index (χ1) is 6.98. The topological polar surface area (TPSA) is 149 Å². The van der Waals surface area contributed by atoms with Gasteiger partial charge in [0.2, 0.25) is 0 Å². The third-order valence-corrected chi connectivity index (χ3v) is 4.09. The number of allylic oxidation sites excluding steroid dienone is 1. The van der Waals surface area contributed by atoms with Crippen LogP contribution in [0.4, 0.5) is 0 Å². The molecule has 0 radical (unpaired) electrons. The summed E-state index contributed by atoms with van der Waals surface area (Å²) in [4.78, 5) is -3.75. The van der Waals surface area contributed by atoms with Crippen LogP contribution in [-0.4, -0.2) is 41.1 Å². The van der Waals surface area contributed by atoms with Crippen LogP contribution >= 0.6 is 0 Å². The van der Waals surface area contributed by atoms with E-state index in [0.29, 0.717) is 12.2 Å². The van der Waals surface area contributed by atoms with Crippen molar-refractivity contribution in [1.29, 1.82) is 0 Å². The minimum Gasteiger partial charge on any atom is -0.508 e. The molecule has 0 aromatic rings. The molecule has 16 heavy (non-hydrogen) atoms. The molecule has 0 aromatic heterocycles. The summed E-state index contributed by atoms with van der Waals surface area (Å²) in [5.74, 6) is -1.29. The fourth-order valence-electron chi connectivity index (χ4n) is 1.07. The van der Waals surface area contributed by atoms with Crippen molar-refractivity contribution < 1.29 is 36.2 Å². The van der Waals surface area contributed by atoms with Crippen LogP contribution < -0.4 is 0 Å². The first kappa shape index (κ1) is 13.1. The maximum absolute atomic E-state index is 10.7. The van der Waals surface area contributed by atoms with E-state index in [0.717, 1.165) is 0 Å². The third-order valence-electron chi connectivity index (χ3n) is 1.98. The number of aliphatic hydroxyl groups excluding tert-OH is 1. The fraction of sp³-hybridized carbons (Fsp3) is 0.333. The van der Waals surface area contributed by atoms with E-state index in [1.54, 1.807) is 0 Å². The molecule has 4 N–H and O–H groups in total. The molecule has 1 aliphatic rings. The minimum absolute atomic E-state index is 0.340. The molecule has 8 nitrogen and oxygen atoms in total. The minimum atomic E-state index is -5.03. The number of hydrogen-bond donors (Lipinski definition) is 4. The summed E-state index contributed by atoms with van der Waals surface area (Å²) in [6.07, 6.45) is 0.0959. The van der Waals surface area contributed by atoms with E-state index in [1.165, 1.54) is 0 Å². The van der Waals surface area contributed by atoms with Crippen molar-refractivity contribution in [1.82, 2.24) is 0 Å². The lowest BCUT2D eigenvalue weighted by Crippen LogP contribution is -2.41. The van der Waals surface area contributed by atoms with Gasteiger partial charge in [-0.1, -0.05) is 6.08 Å². The normalized spacial score (nSPS) is 27.2. The average molecular weight is 272 g/mol. The van der Waals surface area contributed by atoms with Crippen molar-refractivity contribution in [2.24, 2.45) is 0 Å². The van der Waals surface area contributed by atoms with Crippen LogP contribution in [0.3, 0.4) is 0 Å². The van der Waals surface area contributed by atoms with E-state index < -0.39 is 42.3 Å². The van der Waals surface area contributed by atoms with Gasteiger partial charge in [0.15, 0.2) is 0 Å². The molecule has 0 aliphatic heterocycles. The van der Waals surface area contributed by atoms with Gasteiger partial charge in [-0.3, -0.25) is 9.11 Å². The highest BCUT2D eigenvalue weighted by Crippen LogP contribution is 2.32. The van der Waals surface area contributed by atoms with Crippen LogP contribution in [0.15, 0.2) is 22.8 Å². The maximum Gasteiger partial charge on any atom is 0.303 e. The Morgan fingerprint density at radius 2 is 1.69 bits per heavy atom. The molecule has 1 rings (SSSR count). The molecule has 0 saturated heterocycles. The van der Waals surface area contributed by atoms with Gasteiger partial charge in [0.1, 0.15) is 5.76 Å². The molecule has 1 aliphatic carbocycles. The summed E-state index contributed by atoms with van der Waals surface area (Å²) in [5.41, 5.74) is 0. The lowest BCUT2D eigenvalue weighted by atomic mass is 10.1. The molecule has 1 unspecified atom stereocenters. The Morgan fingerprint density at radius 3 is 2.00 bits per heavy atom.